The summed E-state index contributed by atoms with van der Waals surface area (Å²) in [5.41, 5.74) is 4.30. The molecule has 3 N–H and O–H groups in total. The van der Waals surface area contributed by atoms with Crippen molar-refractivity contribution in [2.45, 2.75) is 18.4 Å². The number of alkyl carbamates (subject to hydrolysis) is 1. The fourth-order valence-electron chi connectivity index (χ4n) is 3.41. The molecule has 1 aliphatic rings. The van der Waals surface area contributed by atoms with Gasteiger partial charge >= 0.3 is 12.1 Å². The van der Waals surface area contributed by atoms with Gasteiger partial charge in [-0.1, -0.05) is 48.5 Å². The van der Waals surface area contributed by atoms with Crippen LogP contribution in [0.5, 0.6) is 0 Å². The number of benzene rings is 2. The first-order valence-corrected chi connectivity index (χ1v) is 11.2. The summed E-state index contributed by atoms with van der Waals surface area (Å²) in [6, 6.07) is 14.5. The molecule has 0 radical (unpaired) electrons. The number of carbonyl (C=O) groups is 2. The lowest BCUT2D eigenvalue weighted by Gasteiger charge is -2.18. The fraction of sp³-hybridized carbons (Fsp3) is 0.300. The Bertz CT molecular complexity index is 892. The lowest BCUT2D eigenvalue weighted by atomic mass is 9.98. The van der Waals surface area contributed by atoms with E-state index in [1.54, 1.807) is 0 Å². The second-order valence-corrected chi connectivity index (χ2v) is 9.47. The van der Waals surface area contributed by atoms with E-state index >= 15 is 0 Å². The van der Waals surface area contributed by atoms with E-state index in [1.807, 2.05) is 48.5 Å². The predicted octanol–water partition coefficient (Wildman–Crippen LogP) is 3.27. The molecule has 1 amide bonds. The Morgan fingerprint density at radius 1 is 1.11 bits per heavy atom. The molecule has 0 saturated carbocycles. The molecular weight excluding hydrogens is 381 g/mol. The number of amides is 1. The topological polar surface area (TPSA) is 113 Å². The number of hydrogen-bond donors (Lipinski definition) is 3. The predicted molar refractivity (Wildman–Crippen MR) is 105 cm³/mol. The molecule has 1 aliphatic carbocycles. The second kappa shape index (κ2) is 8.17. The molecule has 0 heterocycles. The van der Waals surface area contributed by atoms with Gasteiger partial charge in [-0.3, -0.25) is 4.57 Å². The van der Waals surface area contributed by atoms with Crippen molar-refractivity contribution in [2.24, 2.45) is 0 Å². The van der Waals surface area contributed by atoms with E-state index in [0.29, 0.717) is 0 Å². The molecule has 0 fully saturated rings. The zero-order valence-corrected chi connectivity index (χ0v) is 16.3. The molecule has 2 aromatic carbocycles. The largest absolute Gasteiger partial charge is 0.480 e. The highest BCUT2D eigenvalue weighted by molar-refractivity contribution is 7.57. The Labute approximate surface area is 162 Å². The van der Waals surface area contributed by atoms with E-state index in [4.69, 9.17) is 4.74 Å². The van der Waals surface area contributed by atoms with Crippen molar-refractivity contribution in [3.63, 3.8) is 0 Å². The van der Waals surface area contributed by atoms with Crippen molar-refractivity contribution < 1.29 is 28.9 Å². The molecule has 0 aromatic heterocycles. The molecule has 3 rings (SSSR count). The lowest BCUT2D eigenvalue weighted by molar-refractivity contribution is -0.139. The van der Waals surface area contributed by atoms with Crippen molar-refractivity contribution in [2.75, 3.05) is 19.4 Å². The molecule has 2 atom stereocenters. The van der Waals surface area contributed by atoms with Crippen molar-refractivity contribution in [1.29, 1.82) is 0 Å². The molecule has 28 heavy (non-hydrogen) atoms. The number of fused-ring (bicyclic) bond motifs is 3. The van der Waals surface area contributed by atoms with Crippen LogP contribution >= 0.6 is 7.37 Å². The number of hydrogen-bond acceptors (Lipinski definition) is 4. The SMILES string of the molecule is CP(=O)(O)CCC(NC(=O)OCC1c2ccccc2-c2ccccc21)C(=O)O. The minimum Gasteiger partial charge on any atom is -0.480 e. The summed E-state index contributed by atoms with van der Waals surface area (Å²) in [7, 11) is -3.36. The van der Waals surface area contributed by atoms with Gasteiger partial charge in [0.1, 0.15) is 12.6 Å². The number of aliphatic carboxylic acids is 1. The van der Waals surface area contributed by atoms with Crippen LogP contribution < -0.4 is 5.32 Å². The molecular formula is C20H22NO6P. The molecule has 2 unspecified atom stereocenters. The van der Waals surface area contributed by atoms with Gasteiger partial charge in [-0.05, 0) is 28.7 Å². The molecule has 148 valence electrons. The number of rotatable bonds is 7. The van der Waals surface area contributed by atoms with Crippen LogP contribution in [0.25, 0.3) is 11.1 Å². The highest BCUT2D eigenvalue weighted by Gasteiger charge is 2.30. The average molecular weight is 403 g/mol. The first-order valence-electron chi connectivity index (χ1n) is 8.90. The van der Waals surface area contributed by atoms with E-state index in [2.05, 4.69) is 5.32 Å². The van der Waals surface area contributed by atoms with Gasteiger partial charge in [-0.15, -0.1) is 0 Å². The second-order valence-electron chi connectivity index (χ2n) is 6.92. The van der Waals surface area contributed by atoms with Crippen LogP contribution in [0.15, 0.2) is 48.5 Å². The van der Waals surface area contributed by atoms with Gasteiger partial charge in [0.05, 0.1) is 0 Å². The zero-order valence-electron chi connectivity index (χ0n) is 15.4. The summed E-state index contributed by atoms with van der Waals surface area (Å²) in [6.07, 6.45) is -1.21. The Morgan fingerprint density at radius 3 is 2.14 bits per heavy atom. The summed E-state index contributed by atoms with van der Waals surface area (Å²) in [6.45, 7) is 1.22. The zero-order chi connectivity index (χ0) is 20.3. The van der Waals surface area contributed by atoms with Gasteiger partial charge in [0, 0.05) is 18.7 Å². The van der Waals surface area contributed by atoms with Crippen LogP contribution in [0, 0.1) is 0 Å². The first-order chi connectivity index (χ1) is 13.3. The summed E-state index contributed by atoms with van der Waals surface area (Å²) in [4.78, 5) is 32.8. The van der Waals surface area contributed by atoms with E-state index in [0.717, 1.165) is 28.9 Å². The quantitative estimate of drug-likeness (QED) is 0.612. The molecule has 7 nitrogen and oxygen atoms in total. The van der Waals surface area contributed by atoms with Crippen molar-refractivity contribution >= 4 is 19.4 Å². The van der Waals surface area contributed by atoms with Crippen molar-refractivity contribution in [1.82, 2.24) is 5.32 Å². The number of carboxylic acid groups (broad SMARTS) is 1. The summed E-state index contributed by atoms with van der Waals surface area (Å²) in [5, 5.41) is 11.5. The summed E-state index contributed by atoms with van der Waals surface area (Å²) in [5.74, 6) is -1.41. The minimum absolute atomic E-state index is 0.0679. The molecule has 2 aromatic rings. The van der Waals surface area contributed by atoms with Crippen LogP contribution in [0.4, 0.5) is 4.79 Å². The van der Waals surface area contributed by atoms with Crippen LogP contribution in [0.1, 0.15) is 23.5 Å². The van der Waals surface area contributed by atoms with Crippen molar-refractivity contribution in [3.05, 3.63) is 59.7 Å². The number of carboxylic acids is 1. The van der Waals surface area contributed by atoms with Gasteiger partial charge in [-0.2, -0.15) is 0 Å². The highest BCUT2D eigenvalue weighted by Crippen LogP contribution is 2.44. The van der Waals surface area contributed by atoms with Crippen molar-refractivity contribution in [3.8, 4) is 11.1 Å². The van der Waals surface area contributed by atoms with E-state index in [-0.39, 0.29) is 25.1 Å². The van der Waals surface area contributed by atoms with E-state index in [9.17, 15) is 24.2 Å². The van der Waals surface area contributed by atoms with Crippen LogP contribution in [0.3, 0.4) is 0 Å². The number of ether oxygens (including phenoxy) is 1. The summed E-state index contributed by atoms with van der Waals surface area (Å²) < 4.78 is 16.7. The third-order valence-electron chi connectivity index (χ3n) is 4.77. The van der Waals surface area contributed by atoms with Gasteiger partial charge < -0.3 is 20.1 Å². The van der Waals surface area contributed by atoms with Gasteiger partial charge in [0.25, 0.3) is 0 Å². The van der Waals surface area contributed by atoms with E-state index in [1.165, 1.54) is 0 Å². The van der Waals surface area contributed by atoms with Crippen LogP contribution in [-0.4, -0.2) is 47.5 Å². The molecule has 0 bridgehead atoms. The monoisotopic (exact) mass is 403 g/mol. The van der Waals surface area contributed by atoms with E-state index < -0.39 is 25.5 Å². The van der Waals surface area contributed by atoms with Gasteiger partial charge in [0.2, 0.25) is 0 Å². The smallest absolute Gasteiger partial charge is 0.407 e. The highest BCUT2D eigenvalue weighted by atomic mass is 31.2. The minimum atomic E-state index is -3.36. The molecule has 0 aliphatic heterocycles. The average Bonchev–Trinajstić information content (AvgIpc) is 2.96. The molecule has 8 heteroatoms. The maximum absolute atomic E-state index is 12.1. The van der Waals surface area contributed by atoms with Gasteiger partial charge in [0.15, 0.2) is 7.37 Å². The van der Waals surface area contributed by atoms with Crippen LogP contribution in [0.2, 0.25) is 0 Å². The third-order valence-corrected chi connectivity index (χ3v) is 5.85. The number of nitrogens with one attached hydrogen (secondary N) is 1. The Kier molecular flexibility index (Phi) is 5.87. The maximum Gasteiger partial charge on any atom is 0.407 e. The normalized spacial score (nSPS) is 15.8. The summed E-state index contributed by atoms with van der Waals surface area (Å²) >= 11 is 0. The fourth-order valence-corrected chi connectivity index (χ4v) is 4.15. The molecule has 0 saturated heterocycles. The first kappa shape index (κ1) is 20.1. The Morgan fingerprint density at radius 2 is 1.64 bits per heavy atom. The lowest BCUT2D eigenvalue weighted by Crippen LogP contribution is -2.42. The van der Waals surface area contributed by atoms with Crippen LogP contribution in [-0.2, 0) is 14.1 Å². The Balaban J connectivity index is 1.66. The maximum atomic E-state index is 12.1. The Hall–Kier alpha value is -2.63. The van der Waals surface area contributed by atoms with Gasteiger partial charge in [-0.25, -0.2) is 9.59 Å². The molecule has 0 spiro atoms. The number of carbonyl (C=O) groups excluding carboxylic acids is 1. The standard InChI is InChI=1S/C20H22NO6P/c1-28(25,26)11-10-18(19(22)23)21-20(24)27-12-17-15-8-4-2-6-13(15)14-7-3-5-9-16(14)17/h2-9,17-18H,10-12H2,1H3,(H,21,24)(H,22,23)(H,25,26). The third kappa shape index (κ3) is 4.61.